The second-order valence-corrected chi connectivity index (χ2v) is 11.4. The molecular weight excluding hydrogens is 590 g/mol. The Kier molecular flexibility index (Phi) is 9.58. The molecule has 1 aliphatic rings. The Balaban J connectivity index is 1.43. The molecule has 0 saturated carbocycles. The van der Waals surface area contributed by atoms with Crippen LogP contribution in [-0.2, 0) is 4.74 Å². The standard InChI is InChI=1S/C35H34F2N6O3/c1-20(2)43-19-29(33(44)32(31(43)16-38)22-4-6-24(36)7-5-22)35(45)42-26-8-9-27(30(37)15-26)28-14-23(18-41-34(28)39)21(3)17-40-25-10-12-46-13-11-25/h4-9,14-15,17-20,25,40H,10-13H2,1-3H3,(H2,39,41)(H,42,45)/b21-17+. The molecule has 5 rings (SSSR count). The number of halogens is 2. The van der Waals surface area contributed by atoms with Crippen LogP contribution in [0.2, 0.25) is 0 Å². The van der Waals surface area contributed by atoms with Gasteiger partial charge < -0.3 is 25.7 Å². The highest BCUT2D eigenvalue weighted by molar-refractivity contribution is 6.05. The lowest BCUT2D eigenvalue weighted by molar-refractivity contribution is 0.0812. The van der Waals surface area contributed by atoms with Gasteiger partial charge in [0.2, 0.25) is 5.43 Å². The fourth-order valence-corrected chi connectivity index (χ4v) is 5.31. The molecule has 46 heavy (non-hydrogen) atoms. The van der Waals surface area contributed by atoms with Crippen molar-refractivity contribution >= 4 is 23.0 Å². The molecule has 4 N–H and O–H groups in total. The van der Waals surface area contributed by atoms with Gasteiger partial charge in [-0.2, -0.15) is 5.26 Å². The van der Waals surface area contributed by atoms with Crippen LogP contribution in [0.4, 0.5) is 20.3 Å². The Morgan fingerprint density at radius 1 is 1.13 bits per heavy atom. The third kappa shape index (κ3) is 6.82. The molecule has 1 aliphatic heterocycles. The number of benzene rings is 2. The average molecular weight is 625 g/mol. The van der Waals surface area contributed by atoms with E-state index in [1.54, 1.807) is 26.1 Å². The van der Waals surface area contributed by atoms with Gasteiger partial charge in [0.05, 0.1) is 5.56 Å². The van der Waals surface area contributed by atoms with Gasteiger partial charge in [0.15, 0.2) is 0 Å². The number of pyridine rings is 2. The van der Waals surface area contributed by atoms with Gasteiger partial charge in [0.1, 0.15) is 34.8 Å². The van der Waals surface area contributed by atoms with Crippen LogP contribution in [0, 0.1) is 23.0 Å². The molecule has 11 heteroatoms. The summed E-state index contributed by atoms with van der Waals surface area (Å²) in [4.78, 5) is 31.3. The van der Waals surface area contributed by atoms with E-state index < -0.39 is 23.0 Å². The Labute approximate surface area is 265 Å². The van der Waals surface area contributed by atoms with Crippen LogP contribution in [-0.4, -0.2) is 34.7 Å². The Morgan fingerprint density at radius 2 is 1.85 bits per heavy atom. The topological polar surface area (TPSA) is 135 Å². The maximum atomic E-state index is 15.6. The molecule has 1 amide bonds. The summed E-state index contributed by atoms with van der Waals surface area (Å²) in [6, 6.07) is 13.1. The molecule has 0 radical (unpaired) electrons. The molecule has 0 unspecified atom stereocenters. The SMILES string of the molecule is C/C(=C\NC1CCOCC1)c1cnc(N)c(-c2ccc(NC(=O)c3cn(C(C)C)c(C#N)c(-c4ccc(F)cc4)c3=O)cc2F)c1. The van der Waals surface area contributed by atoms with E-state index in [0.29, 0.717) is 30.4 Å². The first-order valence-electron chi connectivity index (χ1n) is 14.9. The minimum absolute atomic E-state index is 0.0273. The minimum Gasteiger partial charge on any atom is -0.388 e. The molecule has 236 valence electrons. The number of hydrogen-bond acceptors (Lipinski definition) is 7. The number of hydrogen-bond donors (Lipinski definition) is 3. The number of carbonyl (C=O) groups is 1. The molecule has 4 aromatic rings. The van der Waals surface area contributed by atoms with Crippen molar-refractivity contribution in [1.82, 2.24) is 14.9 Å². The summed E-state index contributed by atoms with van der Waals surface area (Å²) in [6.45, 7) is 6.95. The molecule has 1 fully saturated rings. The molecule has 3 heterocycles. The maximum Gasteiger partial charge on any atom is 0.261 e. The number of nitrogens with zero attached hydrogens (tertiary/aromatic N) is 3. The van der Waals surface area contributed by atoms with Gasteiger partial charge in [-0.25, -0.2) is 13.8 Å². The van der Waals surface area contributed by atoms with Gasteiger partial charge in [0.25, 0.3) is 5.91 Å². The van der Waals surface area contributed by atoms with Crippen molar-refractivity contribution in [1.29, 1.82) is 5.26 Å². The summed E-state index contributed by atoms with van der Waals surface area (Å²) >= 11 is 0. The van der Waals surface area contributed by atoms with Gasteiger partial charge in [-0.15, -0.1) is 0 Å². The van der Waals surface area contributed by atoms with Gasteiger partial charge >= 0.3 is 0 Å². The molecule has 0 spiro atoms. The number of nitriles is 1. The fraction of sp³-hybridized carbons (Fsp3) is 0.257. The number of aromatic nitrogens is 2. The zero-order valence-electron chi connectivity index (χ0n) is 25.7. The number of amides is 1. The van der Waals surface area contributed by atoms with E-state index in [-0.39, 0.29) is 39.9 Å². The lowest BCUT2D eigenvalue weighted by atomic mass is 9.99. The third-order valence-corrected chi connectivity index (χ3v) is 7.92. The third-order valence-electron chi connectivity index (χ3n) is 7.92. The van der Waals surface area contributed by atoms with Crippen molar-refractivity contribution in [2.75, 3.05) is 24.3 Å². The summed E-state index contributed by atoms with van der Waals surface area (Å²) in [5, 5.41) is 15.9. The first kappa shape index (κ1) is 32.1. The number of rotatable bonds is 8. The fourth-order valence-electron chi connectivity index (χ4n) is 5.31. The largest absolute Gasteiger partial charge is 0.388 e. The van der Waals surface area contributed by atoms with Gasteiger partial charge in [-0.05, 0) is 86.7 Å². The summed E-state index contributed by atoms with van der Waals surface area (Å²) in [5.41, 5.74) is 7.84. The first-order chi connectivity index (χ1) is 22.1. The number of ether oxygens (including phenoxy) is 1. The molecule has 2 aromatic carbocycles. The quantitative estimate of drug-likeness (QED) is 0.210. The minimum atomic E-state index is -0.791. The summed E-state index contributed by atoms with van der Waals surface area (Å²) in [7, 11) is 0. The molecule has 2 aromatic heterocycles. The van der Waals surface area contributed by atoms with Crippen LogP contribution in [0.3, 0.4) is 0 Å². The van der Waals surface area contributed by atoms with E-state index in [1.807, 2.05) is 19.2 Å². The summed E-state index contributed by atoms with van der Waals surface area (Å²) in [6.07, 6.45) is 6.68. The van der Waals surface area contributed by atoms with Crippen LogP contribution in [0.1, 0.15) is 61.3 Å². The van der Waals surface area contributed by atoms with Gasteiger partial charge in [0, 0.05) is 60.7 Å². The highest BCUT2D eigenvalue weighted by Gasteiger charge is 2.23. The molecule has 0 aliphatic carbocycles. The van der Waals surface area contributed by atoms with Crippen molar-refractivity contribution in [2.45, 2.75) is 45.7 Å². The van der Waals surface area contributed by atoms with E-state index in [4.69, 9.17) is 10.5 Å². The van der Waals surface area contributed by atoms with Crippen molar-refractivity contribution in [3.8, 4) is 28.3 Å². The van der Waals surface area contributed by atoms with E-state index in [1.165, 1.54) is 47.2 Å². The van der Waals surface area contributed by atoms with Crippen molar-refractivity contribution in [3.05, 3.63) is 106 Å². The van der Waals surface area contributed by atoms with Crippen LogP contribution < -0.4 is 21.8 Å². The summed E-state index contributed by atoms with van der Waals surface area (Å²) in [5.74, 6) is -1.81. The highest BCUT2D eigenvalue weighted by Crippen LogP contribution is 2.31. The van der Waals surface area contributed by atoms with Crippen molar-refractivity contribution in [2.24, 2.45) is 0 Å². The highest BCUT2D eigenvalue weighted by atomic mass is 19.1. The predicted octanol–water partition coefficient (Wildman–Crippen LogP) is 6.27. The molecule has 0 bridgehead atoms. The Morgan fingerprint density at radius 3 is 2.50 bits per heavy atom. The number of anilines is 2. The molecule has 1 saturated heterocycles. The zero-order valence-corrected chi connectivity index (χ0v) is 25.7. The van der Waals surface area contributed by atoms with Crippen LogP contribution in [0.15, 0.2) is 71.9 Å². The lowest BCUT2D eigenvalue weighted by Crippen LogP contribution is -2.31. The normalized spacial score (nSPS) is 13.8. The first-order valence-corrected chi connectivity index (χ1v) is 14.9. The molecule has 0 atom stereocenters. The number of nitrogen functional groups attached to an aromatic ring is 1. The monoisotopic (exact) mass is 624 g/mol. The van der Waals surface area contributed by atoms with Gasteiger partial charge in [-0.3, -0.25) is 9.59 Å². The smallest absolute Gasteiger partial charge is 0.261 e. The van der Waals surface area contributed by atoms with E-state index in [9.17, 15) is 19.2 Å². The number of carbonyl (C=O) groups excluding carboxylic acids is 1. The molecular formula is C35H34F2N6O3. The van der Waals surface area contributed by atoms with E-state index in [2.05, 4.69) is 15.6 Å². The van der Waals surface area contributed by atoms with Crippen molar-refractivity contribution < 1.29 is 18.3 Å². The number of nitrogens with one attached hydrogen (secondary N) is 2. The Hall–Kier alpha value is -5.34. The average Bonchev–Trinajstić information content (AvgIpc) is 3.04. The van der Waals surface area contributed by atoms with Crippen LogP contribution in [0.25, 0.3) is 27.8 Å². The second kappa shape index (κ2) is 13.7. The number of nitrogens with two attached hydrogens (primary N) is 1. The Bertz CT molecular complexity index is 1910. The maximum absolute atomic E-state index is 15.6. The molecule has 9 nitrogen and oxygen atoms in total. The van der Waals surface area contributed by atoms with E-state index >= 15 is 4.39 Å². The van der Waals surface area contributed by atoms with Crippen LogP contribution in [0.5, 0.6) is 0 Å². The van der Waals surface area contributed by atoms with Gasteiger partial charge in [-0.1, -0.05) is 12.1 Å². The predicted molar refractivity (Wildman–Crippen MR) is 174 cm³/mol. The van der Waals surface area contributed by atoms with E-state index in [0.717, 1.165) is 30.0 Å². The second-order valence-electron chi connectivity index (χ2n) is 11.4. The van der Waals surface area contributed by atoms with Crippen LogP contribution >= 0.6 is 0 Å². The summed E-state index contributed by atoms with van der Waals surface area (Å²) < 4.78 is 36.1. The number of allylic oxidation sites excluding steroid dienone is 1. The zero-order chi connectivity index (χ0) is 33.0. The lowest BCUT2D eigenvalue weighted by Gasteiger charge is -2.22. The van der Waals surface area contributed by atoms with Crippen molar-refractivity contribution in [3.63, 3.8) is 0 Å².